The summed E-state index contributed by atoms with van der Waals surface area (Å²) >= 11 is 3.31. The molecule has 0 bridgehead atoms. The molecule has 3 rings (SSSR count). The molecule has 0 aliphatic heterocycles. The quantitative estimate of drug-likeness (QED) is 0.608. The van der Waals surface area contributed by atoms with Crippen molar-refractivity contribution in [3.63, 3.8) is 0 Å². The van der Waals surface area contributed by atoms with Crippen molar-refractivity contribution in [2.75, 3.05) is 0 Å². The molecule has 0 radical (unpaired) electrons. The maximum atomic E-state index is 13.7. The fraction of sp³-hybridized carbons (Fsp3) is 0.0625. The van der Waals surface area contributed by atoms with E-state index in [-0.39, 0.29) is 11.3 Å². The first-order valence-corrected chi connectivity index (χ1v) is 6.95. The second kappa shape index (κ2) is 5.07. The van der Waals surface area contributed by atoms with Crippen LogP contribution in [0.3, 0.4) is 0 Å². The standard InChI is InChI=1S/C16H9BrF2O2/c1-8-10-6-5-9(17)7-13(10)21-16(8)15(20)11-3-2-4-12(18)14(11)19/h2-7H,1H3. The molecule has 0 atom stereocenters. The Kier molecular flexibility index (Phi) is 3.37. The minimum atomic E-state index is -1.16. The number of furan rings is 1. The third-order valence-electron chi connectivity index (χ3n) is 3.30. The lowest BCUT2D eigenvalue weighted by atomic mass is 10.0. The average molecular weight is 351 g/mol. The molecule has 0 saturated carbocycles. The number of fused-ring (bicyclic) bond motifs is 1. The zero-order valence-electron chi connectivity index (χ0n) is 10.9. The summed E-state index contributed by atoms with van der Waals surface area (Å²) in [5, 5.41) is 0.762. The predicted molar refractivity (Wildman–Crippen MR) is 78.4 cm³/mol. The van der Waals surface area contributed by atoms with Gasteiger partial charge in [0.15, 0.2) is 17.4 Å². The van der Waals surface area contributed by atoms with Crippen molar-refractivity contribution in [2.45, 2.75) is 6.92 Å². The molecule has 21 heavy (non-hydrogen) atoms. The zero-order valence-corrected chi connectivity index (χ0v) is 12.5. The number of aryl methyl sites for hydroxylation is 1. The van der Waals surface area contributed by atoms with Crippen molar-refractivity contribution >= 4 is 32.7 Å². The first-order valence-electron chi connectivity index (χ1n) is 6.16. The molecular formula is C16H9BrF2O2. The Morgan fingerprint density at radius 1 is 1.19 bits per heavy atom. The molecule has 0 fully saturated rings. The van der Waals surface area contributed by atoms with Gasteiger partial charge in [-0.15, -0.1) is 0 Å². The number of ketones is 1. The van der Waals surface area contributed by atoms with E-state index in [1.807, 2.05) is 6.07 Å². The molecule has 0 spiro atoms. The largest absolute Gasteiger partial charge is 0.452 e. The van der Waals surface area contributed by atoms with Crippen molar-refractivity contribution < 1.29 is 18.0 Å². The van der Waals surface area contributed by atoms with Crippen molar-refractivity contribution in [1.29, 1.82) is 0 Å². The van der Waals surface area contributed by atoms with Gasteiger partial charge in [0.25, 0.3) is 0 Å². The Balaban J connectivity index is 2.18. The van der Waals surface area contributed by atoms with Gasteiger partial charge in [-0.25, -0.2) is 8.78 Å². The highest BCUT2D eigenvalue weighted by molar-refractivity contribution is 9.10. The van der Waals surface area contributed by atoms with E-state index < -0.39 is 17.4 Å². The lowest BCUT2D eigenvalue weighted by molar-refractivity contribution is 0.101. The first-order chi connectivity index (χ1) is 9.99. The van der Waals surface area contributed by atoms with Crippen LogP contribution < -0.4 is 0 Å². The van der Waals surface area contributed by atoms with Crippen molar-refractivity contribution in [2.24, 2.45) is 0 Å². The van der Waals surface area contributed by atoms with Crippen molar-refractivity contribution in [1.82, 2.24) is 0 Å². The van der Waals surface area contributed by atoms with Crippen LogP contribution in [-0.2, 0) is 0 Å². The molecule has 0 aliphatic rings. The summed E-state index contributed by atoms with van der Waals surface area (Å²) in [7, 11) is 0. The molecule has 3 aromatic rings. The Hall–Kier alpha value is -2.01. The molecule has 1 heterocycles. The lowest BCUT2D eigenvalue weighted by Gasteiger charge is -2.01. The van der Waals surface area contributed by atoms with E-state index in [4.69, 9.17) is 4.42 Å². The maximum absolute atomic E-state index is 13.7. The molecule has 2 nitrogen and oxygen atoms in total. The van der Waals surface area contributed by atoms with Crippen LogP contribution in [0.5, 0.6) is 0 Å². The van der Waals surface area contributed by atoms with Crippen LogP contribution in [0, 0.1) is 18.6 Å². The highest BCUT2D eigenvalue weighted by atomic mass is 79.9. The summed E-state index contributed by atoms with van der Waals surface area (Å²) in [4.78, 5) is 12.4. The number of carbonyl (C=O) groups excluding carboxylic acids is 1. The minimum absolute atomic E-state index is 0.0209. The fourth-order valence-electron chi connectivity index (χ4n) is 2.22. The van der Waals surface area contributed by atoms with Crippen LogP contribution in [0.4, 0.5) is 8.78 Å². The van der Waals surface area contributed by atoms with Crippen LogP contribution in [0.2, 0.25) is 0 Å². The Morgan fingerprint density at radius 2 is 1.95 bits per heavy atom. The predicted octanol–water partition coefficient (Wildman–Crippen LogP) is 5.01. The molecule has 1 aromatic heterocycles. The molecule has 0 saturated heterocycles. The van der Waals surface area contributed by atoms with Gasteiger partial charge >= 0.3 is 0 Å². The van der Waals surface area contributed by atoms with E-state index in [1.54, 1.807) is 19.1 Å². The molecule has 106 valence electrons. The van der Waals surface area contributed by atoms with Crippen molar-refractivity contribution in [3.05, 3.63) is 69.4 Å². The lowest BCUT2D eigenvalue weighted by Crippen LogP contribution is -2.06. The third kappa shape index (κ3) is 2.27. The molecule has 0 aliphatic carbocycles. The summed E-state index contributed by atoms with van der Waals surface area (Å²) in [6.45, 7) is 1.71. The number of benzene rings is 2. The van der Waals surface area contributed by atoms with Gasteiger partial charge in [-0.05, 0) is 37.3 Å². The molecule has 5 heteroatoms. The number of hydrogen-bond acceptors (Lipinski definition) is 2. The van der Waals surface area contributed by atoms with Gasteiger partial charge in [0.1, 0.15) is 5.58 Å². The van der Waals surface area contributed by atoms with Gasteiger partial charge < -0.3 is 4.42 Å². The van der Waals surface area contributed by atoms with Gasteiger partial charge in [-0.3, -0.25) is 4.79 Å². The Morgan fingerprint density at radius 3 is 2.71 bits per heavy atom. The average Bonchev–Trinajstić information content (AvgIpc) is 2.78. The normalized spacial score (nSPS) is 11.0. The van der Waals surface area contributed by atoms with E-state index in [9.17, 15) is 13.6 Å². The molecule has 0 N–H and O–H groups in total. The number of hydrogen-bond donors (Lipinski definition) is 0. The summed E-state index contributed by atoms with van der Waals surface area (Å²) in [6, 6.07) is 8.85. The second-order valence-electron chi connectivity index (χ2n) is 4.63. The fourth-order valence-corrected chi connectivity index (χ4v) is 2.56. The van der Waals surface area contributed by atoms with E-state index >= 15 is 0 Å². The van der Waals surface area contributed by atoms with E-state index in [0.29, 0.717) is 11.1 Å². The van der Waals surface area contributed by atoms with Gasteiger partial charge in [-0.2, -0.15) is 0 Å². The molecule has 2 aromatic carbocycles. The molecular weight excluding hydrogens is 342 g/mol. The van der Waals surface area contributed by atoms with Crippen LogP contribution in [-0.4, -0.2) is 5.78 Å². The van der Waals surface area contributed by atoms with Crippen molar-refractivity contribution in [3.8, 4) is 0 Å². The highest BCUT2D eigenvalue weighted by Gasteiger charge is 2.23. The van der Waals surface area contributed by atoms with E-state index in [2.05, 4.69) is 15.9 Å². The second-order valence-corrected chi connectivity index (χ2v) is 5.54. The van der Waals surface area contributed by atoms with Crippen LogP contribution in [0.1, 0.15) is 21.7 Å². The Labute approximate surface area is 127 Å². The van der Waals surface area contributed by atoms with Crippen LogP contribution in [0.25, 0.3) is 11.0 Å². The minimum Gasteiger partial charge on any atom is -0.452 e. The zero-order chi connectivity index (χ0) is 15.1. The first kappa shape index (κ1) is 13.9. The van der Waals surface area contributed by atoms with Gasteiger partial charge in [0.05, 0.1) is 5.56 Å². The Bertz CT molecular complexity index is 868. The molecule has 0 amide bonds. The van der Waals surface area contributed by atoms with E-state index in [0.717, 1.165) is 15.9 Å². The van der Waals surface area contributed by atoms with Crippen LogP contribution in [0.15, 0.2) is 45.3 Å². The number of carbonyl (C=O) groups is 1. The van der Waals surface area contributed by atoms with Gasteiger partial charge in [-0.1, -0.05) is 22.0 Å². The highest BCUT2D eigenvalue weighted by Crippen LogP contribution is 2.30. The maximum Gasteiger partial charge on any atom is 0.231 e. The SMILES string of the molecule is Cc1c(C(=O)c2cccc(F)c2F)oc2cc(Br)ccc12. The number of rotatable bonds is 2. The summed E-state index contributed by atoms with van der Waals surface area (Å²) in [5.74, 6) is -2.87. The monoisotopic (exact) mass is 350 g/mol. The van der Waals surface area contributed by atoms with Gasteiger partial charge in [0.2, 0.25) is 5.78 Å². The smallest absolute Gasteiger partial charge is 0.231 e. The summed E-state index contributed by atoms with van der Waals surface area (Å²) in [6.07, 6.45) is 0. The van der Waals surface area contributed by atoms with Crippen LogP contribution >= 0.6 is 15.9 Å². The topological polar surface area (TPSA) is 30.2 Å². The number of halogens is 3. The molecule has 0 unspecified atom stereocenters. The third-order valence-corrected chi connectivity index (χ3v) is 3.80. The summed E-state index contributed by atoms with van der Waals surface area (Å²) in [5.41, 5.74) is 0.782. The van der Waals surface area contributed by atoms with Gasteiger partial charge in [0, 0.05) is 15.4 Å². The van der Waals surface area contributed by atoms with E-state index in [1.165, 1.54) is 12.1 Å². The summed E-state index contributed by atoms with van der Waals surface area (Å²) < 4.78 is 33.3.